The van der Waals surface area contributed by atoms with Crippen LogP contribution in [0.1, 0.15) is 16.1 Å². The summed E-state index contributed by atoms with van der Waals surface area (Å²) in [6.45, 7) is 0. The SMILES string of the molecule is COc1cc(Cl)ccc1C(=O)c1c(Br)cnn1C. The van der Waals surface area contributed by atoms with E-state index in [0.717, 1.165) is 0 Å². The molecule has 2 rings (SSSR count). The van der Waals surface area contributed by atoms with E-state index in [1.54, 1.807) is 31.4 Å². The van der Waals surface area contributed by atoms with E-state index in [1.807, 2.05) is 0 Å². The fourth-order valence-electron chi connectivity index (χ4n) is 1.65. The molecule has 0 aliphatic heterocycles. The van der Waals surface area contributed by atoms with E-state index < -0.39 is 0 Å². The van der Waals surface area contributed by atoms with Crippen LogP contribution in [0.4, 0.5) is 0 Å². The maximum Gasteiger partial charge on any atom is 0.215 e. The van der Waals surface area contributed by atoms with E-state index >= 15 is 0 Å². The number of benzene rings is 1. The molecule has 4 nitrogen and oxygen atoms in total. The van der Waals surface area contributed by atoms with Crippen LogP contribution in [0.15, 0.2) is 28.9 Å². The lowest BCUT2D eigenvalue weighted by Gasteiger charge is -2.08. The number of ether oxygens (including phenoxy) is 1. The number of hydrogen-bond donors (Lipinski definition) is 0. The molecule has 0 aliphatic carbocycles. The summed E-state index contributed by atoms with van der Waals surface area (Å²) in [5, 5.41) is 4.54. The minimum atomic E-state index is -0.171. The predicted molar refractivity (Wildman–Crippen MR) is 72.3 cm³/mol. The zero-order chi connectivity index (χ0) is 13.3. The van der Waals surface area contributed by atoms with Gasteiger partial charge in [-0.3, -0.25) is 9.48 Å². The summed E-state index contributed by atoms with van der Waals surface area (Å²) >= 11 is 9.17. The van der Waals surface area contributed by atoms with Gasteiger partial charge >= 0.3 is 0 Å². The van der Waals surface area contributed by atoms with Crippen LogP contribution >= 0.6 is 27.5 Å². The number of methoxy groups -OCH3 is 1. The van der Waals surface area contributed by atoms with Crippen molar-refractivity contribution >= 4 is 33.3 Å². The minimum absolute atomic E-state index is 0.171. The Morgan fingerprint density at radius 1 is 1.50 bits per heavy atom. The van der Waals surface area contributed by atoms with E-state index in [1.165, 1.54) is 11.8 Å². The summed E-state index contributed by atoms with van der Waals surface area (Å²) in [6.07, 6.45) is 1.58. The molecule has 0 spiro atoms. The molecule has 1 aromatic carbocycles. The Morgan fingerprint density at radius 3 is 2.78 bits per heavy atom. The number of rotatable bonds is 3. The maximum absolute atomic E-state index is 12.4. The Bertz CT molecular complexity index is 591. The molecule has 6 heteroatoms. The Labute approximate surface area is 118 Å². The average Bonchev–Trinajstić information content (AvgIpc) is 2.68. The highest BCUT2D eigenvalue weighted by Gasteiger charge is 2.20. The molecule has 0 amide bonds. The molecule has 0 saturated heterocycles. The van der Waals surface area contributed by atoms with E-state index in [4.69, 9.17) is 16.3 Å². The van der Waals surface area contributed by atoms with Crippen LogP contribution in [-0.4, -0.2) is 22.7 Å². The fraction of sp³-hybridized carbons (Fsp3) is 0.167. The van der Waals surface area contributed by atoms with Crippen LogP contribution in [-0.2, 0) is 7.05 Å². The van der Waals surface area contributed by atoms with E-state index in [0.29, 0.717) is 26.5 Å². The van der Waals surface area contributed by atoms with Gasteiger partial charge in [0.2, 0.25) is 5.78 Å². The van der Waals surface area contributed by atoms with Gasteiger partial charge < -0.3 is 4.74 Å². The third kappa shape index (κ3) is 2.28. The first-order chi connectivity index (χ1) is 8.54. The Balaban J connectivity index is 2.53. The second-order valence-electron chi connectivity index (χ2n) is 3.64. The normalized spacial score (nSPS) is 10.4. The Kier molecular flexibility index (Phi) is 3.73. The zero-order valence-electron chi connectivity index (χ0n) is 9.78. The standard InChI is InChI=1S/C12H10BrClN2O2/c1-16-11(9(13)6-15-16)12(17)8-4-3-7(14)5-10(8)18-2/h3-6H,1-2H3. The van der Waals surface area contributed by atoms with Gasteiger partial charge in [0, 0.05) is 12.1 Å². The molecule has 0 aliphatic rings. The number of hydrogen-bond acceptors (Lipinski definition) is 3. The lowest BCUT2D eigenvalue weighted by Crippen LogP contribution is -2.10. The topological polar surface area (TPSA) is 44.1 Å². The molecule has 2 aromatic rings. The van der Waals surface area contributed by atoms with Gasteiger partial charge in [-0.2, -0.15) is 5.10 Å². The highest BCUT2D eigenvalue weighted by molar-refractivity contribution is 9.10. The molecule has 18 heavy (non-hydrogen) atoms. The van der Waals surface area contributed by atoms with Crippen molar-refractivity contribution in [2.24, 2.45) is 7.05 Å². The lowest BCUT2D eigenvalue weighted by atomic mass is 10.1. The van der Waals surface area contributed by atoms with E-state index in [9.17, 15) is 4.79 Å². The summed E-state index contributed by atoms with van der Waals surface area (Å²) in [7, 11) is 3.21. The summed E-state index contributed by atoms with van der Waals surface area (Å²) in [5.74, 6) is 0.274. The van der Waals surface area contributed by atoms with Crippen LogP contribution < -0.4 is 4.74 Å². The van der Waals surface area contributed by atoms with Crippen LogP contribution in [0.5, 0.6) is 5.75 Å². The smallest absolute Gasteiger partial charge is 0.215 e. The molecule has 1 aromatic heterocycles. The van der Waals surface area contributed by atoms with Crippen molar-refractivity contribution in [3.8, 4) is 5.75 Å². The van der Waals surface area contributed by atoms with Gasteiger partial charge in [-0.1, -0.05) is 11.6 Å². The van der Waals surface area contributed by atoms with Gasteiger partial charge in [0.25, 0.3) is 0 Å². The number of ketones is 1. The highest BCUT2D eigenvalue weighted by atomic mass is 79.9. The average molecular weight is 330 g/mol. The molecule has 0 bridgehead atoms. The molecule has 0 atom stereocenters. The predicted octanol–water partition coefficient (Wildman–Crippen LogP) is 3.08. The van der Waals surface area contributed by atoms with Crippen molar-refractivity contribution in [2.45, 2.75) is 0 Å². The summed E-state index contributed by atoms with van der Waals surface area (Å²) in [5.41, 5.74) is 0.918. The Hall–Kier alpha value is -1.33. The zero-order valence-corrected chi connectivity index (χ0v) is 12.1. The summed E-state index contributed by atoms with van der Waals surface area (Å²) < 4.78 is 7.33. The third-order valence-electron chi connectivity index (χ3n) is 2.52. The highest BCUT2D eigenvalue weighted by Crippen LogP contribution is 2.27. The minimum Gasteiger partial charge on any atom is -0.496 e. The number of aryl methyl sites for hydroxylation is 1. The molecule has 0 N–H and O–H groups in total. The summed E-state index contributed by atoms with van der Waals surface area (Å²) in [4.78, 5) is 12.4. The molecule has 0 fully saturated rings. The van der Waals surface area contributed by atoms with Gasteiger partial charge in [-0.15, -0.1) is 0 Å². The number of nitrogens with zero attached hydrogens (tertiary/aromatic N) is 2. The van der Waals surface area contributed by atoms with Crippen LogP contribution in [0.3, 0.4) is 0 Å². The van der Waals surface area contributed by atoms with E-state index in [2.05, 4.69) is 21.0 Å². The first kappa shape index (κ1) is 13.1. The molecule has 0 unspecified atom stereocenters. The fourth-order valence-corrected chi connectivity index (χ4v) is 2.34. The second-order valence-corrected chi connectivity index (χ2v) is 4.93. The number of carbonyl (C=O) groups excluding carboxylic acids is 1. The second kappa shape index (κ2) is 5.12. The molecular formula is C12H10BrClN2O2. The van der Waals surface area contributed by atoms with Crippen LogP contribution in [0, 0.1) is 0 Å². The van der Waals surface area contributed by atoms with Gasteiger partial charge in [-0.25, -0.2) is 0 Å². The molecule has 1 heterocycles. The monoisotopic (exact) mass is 328 g/mol. The van der Waals surface area contributed by atoms with Crippen molar-refractivity contribution < 1.29 is 9.53 Å². The summed E-state index contributed by atoms with van der Waals surface area (Å²) in [6, 6.07) is 4.91. The van der Waals surface area contributed by atoms with Crippen molar-refractivity contribution in [3.63, 3.8) is 0 Å². The van der Waals surface area contributed by atoms with E-state index in [-0.39, 0.29) is 5.78 Å². The number of halogens is 2. The van der Waals surface area contributed by atoms with Crippen molar-refractivity contribution in [1.82, 2.24) is 9.78 Å². The van der Waals surface area contributed by atoms with Gasteiger partial charge in [0.05, 0.1) is 23.3 Å². The van der Waals surface area contributed by atoms with Gasteiger partial charge in [0.1, 0.15) is 11.4 Å². The van der Waals surface area contributed by atoms with Crippen molar-refractivity contribution in [2.75, 3.05) is 7.11 Å². The van der Waals surface area contributed by atoms with Crippen LogP contribution in [0.25, 0.3) is 0 Å². The quantitative estimate of drug-likeness (QED) is 0.813. The molecule has 0 radical (unpaired) electrons. The first-order valence-corrected chi connectivity index (χ1v) is 6.27. The van der Waals surface area contributed by atoms with Crippen molar-refractivity contribution in [1.29, 1.82) is 0 Å². The van der Waals surface area contributed by atoms with Gasteiger partial charge in [-0.05, 0) is 34.1 Å². The third-order valence-corrected chi connectivity index (χ3v) is 3.33. The molecule has 94 valence electrons. The number of carbonyl (C=O) groups is 1. The van der Waals surface area contributed by atoms with Crippen LogP contribution in [0.2, 0.25) is 5.02 Å². The Morgan fingerprint density at radius 2 is 2.22 bits per heavy atom. The van der Waals surface area contributed by atoms with Gasteiger partial charge in [0.15, 0.2) is 0 Å². The number of aromatic nitrogens is 2. The maximum atomic E-state index is 12.4. The molecular weight excluding hydrogens is 320 g/mol. The van der Waals surface area contributed by atoms with Crippen molar-refractivity contribution in [3.05, 3.63) is 45.1 Å². The first-order valence-electron chi connectivity index (χ1n) is 5.10. The lowest BCUT2D eigenvalue weighted by molar-refractivity contribution is 0.102. The molecule has 0 saturated carbocycles. The largest absolute Gasteiger partial charge is 0.496 e.